The SMILES string of the molecule is COc1ccc(C(N(C)C)C2(CN)CC2)c(OC)c1. The van der Waals surface area contributed by atoms with Crippen molar-refractivity contribution in [1.29, 1.82) is 0 Å². The molecule has 106 valence electrons. The van der Waals surface area contributed by atoms with Crippen LogP contribution in [0.15, 0.2) is 18.2 Å². The maximum Gasteiger partial charge on any atom is 0.127 e. The van der Waals surface area contributed by atoms with Crippen molar-refractivity contribution in [1.82, 2.24) is 4.90 Å². The largest absolute Gasteiger partial charge is 0.497 e. The Balaban J connectivity index is 2.42. The molecule has 2 rings (SSSR count). The zero-order chi connectivity index (χ0) is 14.0. The molecule has 0 bridgehead atoms. The van der Waals surface area contributed by atoms with E-state index in [-0.39, 0.29) is 5.41 Å². The normalized spacial score (nSPS) is 18.2. The monoisotopic (exact) mass is 264 g/mol. The molecule has 1 aromatic carbocycles. The van der Waals surface area contributed by atoms with Crippen LogP contribution >= 0.6 is 0 Å². The summed E-state index contributed by atoms with van der Waals surface area (Å²) < 4.78 is 10.8. The number of ether oxygens (including phenoxy) is 2. The molecule has 0 heterocycles. The van der Waals surface area contributed by atoms with Gasteiger partial charge >= 0.3 is 0 Å². The first-order chi connectivity index (χ1) is 9.07. The van der Waals surface area contributed by atoms with E-state index in [0.717, 1.165) is 11.5 Å². The van der Waals surface area contributed by atoms with Crippen LogP contribution < -0.4 is 15.2 Å². The minimum atomic E-state index is 0.200. The molecule has 0 aliphatic heterocycles. The minimum absolute atomic E-state index is 0.200. The van der Waals surface area contributed by atoms with Crippen LogP contribution in [0.5, 0.6) is 11.5 Å². The van der Waals surface area contributed by atoms with Crippen molar-refractivity contribution in [3.8, 4) is 11.5 Å². The molecule has 4 heteroatoms. The van der Waals surface area contributed by atoms with E-state index in [0.29, 0.717) is 12.6 Å². The number of rotatable bonds is 6. The minimum Gasteiger partial charge on any atom is -0.497 e. The lowest BCUT2D eigenvalue weighted by Gasteiger charge is -2.33. The summed E-state index contributed by atoms with van der Waals surface area (Å²) in [5.41, 5.74) is 7.39. The molecule has 0 spiro atoms. The van der Waals surface area contributed by atoms with Crippen LogP contribution in [0, 0.1) is 5.41 Å². The van der Waals surface area contributed by atoms with E-state index in [1.165, 1.54) is 18.4 Å². The molecule has 1 unspecified atom stereocenters. The predicted molar refractivity (Wildman–Crippen MR) is 76.7 cm³/mol. The molecular weight excluding hydrogens is 240 g/mol. The van der Waals surface area contributed by atoms with E-state index < -0.39 is 0 Å². The van der Waals surface area contributed by atoms with Gasteiger partial charge in [-0.15, -0.1) is 0 Å². The van der Waals surface area contributed by atoms with Crippen molar-refractivity contribution < 1.29 is 9.47 Å². The molecule has 0 aromatic heterocycles. The lowest BCUT2D eigenvalue weighted by molar-refractivity contribution is 0.193. The second-order valence-electron chi connectivity index (χ2n) is 5.54. The number of hydrogen-bond donors (Lipinski definition) is 1. The second-order valence-corrected chi connectivity index (χ2v) is 5.54. The Kier molecular flexibility index (Phi) is 4.02. The molecule has 1 aliphatic rings. The smallest absolute Gasteiger partial charge is 0.127 e. The van der Waals surface area contributed by atoms with Crippen molar-refractivity contribution in [3.63, 3.8) is 0 Å². The van der Waals surface area contributed by atoms with Crippen LogP contribution in [0.1, 0.15) is 24.4 Å². The zero-order valence-corrected chi connectivity index (χ0v) is 12.3. The van der Waals surface area contributed by atoms with Crippen LogP contribution in [-0.2, 0) is 0 Å². The first kappa shape index (κ1) is 14.2. The zero-order valence-electron chi connectivity index (χ0n) is 12.3. The van der Waals surface area contributed by atoms with E-state index in [1.54, 1.807) is 14.2 Å². The Morgan fingerprint density at radius 3 is 2.37 bits per heavy atom. The summed E-state index contributed by atoms with van der Waals surface area (Å²) in [4.78, 5) is 2.24. The third-order valence-electron chi connectivity index (χ3n) is 4.13. The van der Waals surface area contributed by atoms with Gasteiger partial charge in [0.05, 0.1) is 14.2 Å². The number of benzene rings is 1. The molecule has 0 radical (unpaired) electrons. The number of hydrogen-bond acceptors (Lipinski definition) is 4. The van der Waals surface area contributed by atoms with Gasteiger partial charge in [0.15, 0.2) is 0 Å². The van der Waals surface area contributed by atoms with E-state index in [2.05, 4.69) is 25.1 Å². The molecule has 1 atom stereocenters. The third kappa shape index (κ3) is 2.55. The third-order valence-corrected chi connectivity index (χ3v) is 4.13. The lowest BCUT2D eigenvalue weighted by atomic mass is 9.88. The Hall–Kier alpha value is -1.26. The highest BCUT2D eigenvalue weighted by atomic mass is 16.5. The van der Waals surface area contributed by atoms with Gasteiger partial charge in [-0.2, -0.15) is 0 Å². The van der Waals surface area contributed by atoms with Crippen LogP contribution in [0.25, 0.3) is 0 Å². The average Bonchev–Trinajstić information content (AvgIpc) is 3.20. The van der Waals surface area contributed by atoms with Crippen LogP contribution in [-0.4, -0.2) is 39.8 Å². The highest BCUT2D eigenvalue weighted by molar-refractivity contribution is 5.44. The standard InChI is InChI=1S/C15H24N2O2/c1-17(2)14(15(10-16)7-8-15)12-6-5-11(18-3)9-13(12)19-4/h5-6,9,14H,7-8,10,16H2,1-4H3. The molecule has 4 nitrogen and oxygen atoms in total. The number of nitrogens with two attached hydrogens (primary N) is 1. The number of nitrogens with zero attached hydrogens (tertiary/aromatic N) is 1. The van der Waals surface area contributed by atoms with Gasteiger partial charge < -0.3 is 20.1 Å². The molecule has 1 aliphatic carbocycles. The van der Waals surface area contributed by atoms with E-state index >= 15 is 0 Å². The quantitative estimate of drug-likeness (QED) is 0.854. The highest BCUT2D eigenvalue weighted by Crippen LogP contribution is 2.57. The Bertz CT molecular complexity index is 442. The molecule has 1 aromatic rings. The molecular formula is C15H24N2O2. The number of methoxy groups -OCH3 is 2. The van der Waals surface area contributed by atoms with Crippen molar-refractivity contribution in [3.05, 3.63) is 23.8 Å². The Morgan fingerprint density at radius 1 is 1.26 bits per heavy atom. The Labute approximate surface area is 115 Å². The van der Waals surface area contributed by atoms with E-state index in [9.17, 15) is 0 Å². The maximum atomic E-state index is 6.00. The summed E-state index contributed by atoms with van der Waals surface area (Å²) in [7, 11) is 7.57. The van der Waals surface area contributed by atoms with Gasteiger partial charge in [0.25, 0.3) is 0 Å². The first-order valence-electron chi connectivity index (χ1n) is 6.66. The topological polar surface area (TPSA) is 47.7 Å². The van der Waals surface area contributed by atoms with Crippen molar-refractivity contribution in [2.24, 2.45) is 11.1 Å². The summed E-state index contributed by atoms with van der Waals surface area (Å²) in [6, 6.07) is 6.32. The van der Waals surface area contributed by atoms with Gasteiger partial charge in [-0.25, -0.2) is 0 Å². The first-order valence-corrected chi connectivity index (χ1v) is 6.66. The van der Waals surface area contributed by atoms with Gasteiger partial charge in [-0.05, 0) is 39.5 Å². The van der Waals surface area contributed by atoms with Crippen molar-refractivity contribution in [2.45, 2.75) is 18.9 Å². The summed E-state index contributed by atoms with van der Waals surface area (Å²) >= 11 is 0. The van der Waals surface area contributed by atoms with Crippen LogP contribution in [0.3, 0.4) is 0 Å². The van der Waals surface area contributed by atoms with Gasteiger partial charge in [0.1, 0.15) is 11.5 Å². The molecule has 0 saturated heterocycles. The second kappa shape index (κ2) is 5.39. The van der Waals surface area contributed by atoms with Gasteiger partial charge in [0, 0.05) is 23.1 Å². The van der Waals surface area contributed by atoms with Gasteiger partial charge in [-0.3, -0.25) is 0 Å². The fraction of sp³-hybridized carbons (Fsp3) is 0.600. The average molecular weight is 264 g/mol. The fourth-order valence-electron chi connectivity index (χ4n) is 2.95. The maximum absolute atomic E-state index is 6.00. The summed E-state index contributed by atoms with van der Waals surface area (Å²) in [5, 5.41) is 0. The van der Waals surface area contributed by atoms with Crippen LogP contribution in [0.4, 0.5) is 0 Å². The van der Waals surface area contributed by atoms with E-state index in [4.69, 9.17) is 15.2 Å². The van der Waals surface area contributed by atoms with Crippen molar-refractivity contribution in [2.75, 3.05) is 34.9 Å². The fourth-order valence-corrected chi connectivity index (χ4v) is 2.95. The lowest BCUT2D eigenvalue weighted by Crippen LogP contribution is -2.33. The van der Waals surface area contributed by atoms with Crippen LogP contribution in [0.2, 0.25) is 0 Å². The van der Waals surface area contributed by atoms with Crippen molar-refractivity contribution >= 4 is 0 Å². The van der Waals surface area contributed by atoms with Gasteiger partial charge in [0.2, 0.25) is 0 Å². The molecule has 19 heavy (non-hydrogen) atoms. The highest BCUT2D eigenvalue weighted by Gasteiger charge is 2.50. The predicted octanol–water partition coefficient (Wildman–Crippen LogP) is 2.05. The summed E-state index contributed by atoms with van der Waals surface area (Å²) in [6.45, 7) is 0.713. The summed E-state index contributed by atoms with van der Waals surface area (Å²) in [5.74, 6) is 1.69. The molecule has 1 saturated carbocycles. The van der Waals surface area contributed by atoms with Gasteiger partial charge in [-0.1, -0.05) is 6.07 Å². The molecule has 2 N–H and O–H groups in total. The summed E-state index contributed by atoms with van der Waals surface area (Å²) in [6.07, 6.45) is 2.36. The van der Waals surface area contributed by atoms with E-state index in [1.807, 2.05) is 12.1 Å². The molecule has 1 fully saturated rings. The molecule has 0 amide bonds. The Morgan fingerprint density at radius 2 is 1.95 bits per heavy atom.